The molecule has 0 fully saturated rings. The maximum absolute atomic E-state index is 12.9. The van der Waals surface area contributed by atoms with Crippen molar-refractivity contribution in [2.24, 2.45) is 5.92 Å². The standard InChI is InChI=1S/C27H36O7/c1-26(2,3)33-24(29)20(23(28)25(30)34-27(4,5)6)15-19-13-14-21(22(16-19)31-7)32-17-18-11-9-8-10-12-18/h8-14,16,20,23,28H,15,17H2,1-7H3/t20-,23+/m1/s1. The van der Waals surface area contributed by atoms with E-state index in [0.29, 0.717) is 23.7 Å². The minimum absolute atomic E-state index is 0.0463. The van der Waals surface area contributed by atoms with Gasteiger partial charge in [-0.1, -0.05) is 36.4 Å². The minimum Gasteiger partial charge on any atom is -0.493 e. The molecule has 0 unspecified atom stereocenters. The van der Waals surface area contributed by atoms with E-state index in [4.69, 9.17) is 18.9 Å². The van der Waals surface area contributed by atoms with Crippen LogP contribution < -0.4 is 9.47 Å². The number of hydrogen-bond acceptors (Lipinski definition) is 7. The van der Waals surface area contributed by atoms with Crippen molar-refractivity contribution in [1.82, 2.24) is 0 Å². The highest BCUT2D eigenvalue weighted by Crippen LogP contribution is 2.31. The third-order valence-electron chi connectivity index (χ3n) is 4.66. The molecule has 0 aliphatic rings. The first-order valence-electron chi connectivity index (χ1n) is 11.3. The molecule has 2 atom stereocenters. The molecule has 0 aliphatic carbocycles. The molecule has 34 heavy (non-hydrogen) atoms. The summed E-state index contributed by atoms with van der Waals surface area (Å²) in [6.07, 6.45) is -1.64. The second-order valence-electron chi connectivity index (χ2n) is 10.1. The second kappa shape index (κ2) is 11.4. The van der Waals surface area contributed by atoms with E-state index in [9.17, 15) is 14.7 Å². The largest absolute Gasteiger partial charge is 0.493 e. The molecule has 7 heteroatoms. The molecule has 0 saturated carbocycles. The Morgan fingerprint density at radius 2 is 1.41 bits per heavy atom. The number of ether oxygens (including phenoxy) is 4. The van der Waals surface area contributed by atoms with Gasteiger partial charge in [-0.05, 0) is 71.2 Å². The zero-order chi connectivity index (χ0) is 25.5. The van der Waals surface area contributed by atoms with Crippen LogP contribution in [-0.4, -0.2) is 41.5 Å². The van der Waals surface area contributed by atoms with E-state index < -0.39 is 35.2 Å². The van der Waals surface area contributed by atoms with Crippen LogP contribution in [0.25, 0.3) is 0 Å². The van der Waals surface area contributed by atoms with E-state index in [0.717, 1.165) is 5.56 Å². The van der Waals surface area contributed by atoms with E-state index in [1.165, 1.54) is 7.11 Å². The highest BCUT2D eigenvalue weighted by Gasteiger charge is 2.38. The predicted molar refractivity (Wildman–Crippen MR) is 129 cm³/mol. The lowest BCUT2D eigenvalue weighted by atomic mass is 9.93. The maximum Gasteiger partial charge on any atom is 0.336 e. The first-order valence-corrected chi connectivity index (χ1v) is 11.3. The van der Waals surface area contributed by atoms with Crippen LogP contribution in [-0.2, 0) is 32.1 Å². The summed E-state index contributed by atoms with van der Waals surface area (Å²) in [6.45, 7) is 10.6. The summed E-state index contributed by atoms with van der Waals surface area (Å²) in [5.74, 6) is -1.71. The third-order valence-corrected chi connectivity index (χ3v) is 4.66. The number of hydrogen-bond donors (Lipinski definition) is 1. The fourth-order valence-corrected chi connectivity index (χ4v) is 3.18. The number of methoxy groups -OCH3 is 1. The van der Waals surface area contributed by atoms with Crippen molar-refractivity contribution in [3.8, 4) is 11.5 Å². The van der Waals surface area contributed by atoms with Gasteiger partial charge in [0.25, 0.3) is 0 Å². The molecule has 0 bridgehead atoms. The van der Waals surface area contributed by atoms with E-state index in [-0.39, 0.29) is 6.42 Å². The average molecular weight is 473 g/mol. The van der Waals surface area contributed by atoms with Crippen molar-refractivity contribution in [2.75, 3.05) is 7.11 Å². The van der Waals surface area contributed by atoms with E-state index in [2.05, 4.69) is 0 Å². The van der Waals surface area contributed by atoms with Gasteiger partial charge < -0.3 is 24.1 Å². The molecule has 0 aromatic heterocycles. The number of carbonyl (C=O) groups is 2. The van der Waals surface area contributed by atoms with Crippen LogP contribution in [0.1, 0.15) is 52.7 Å². The number of rotatable bonds is 9. The van der Waals surface area contributed by atoms with Gasteiger partial charge in [0.15, 0.2) is 17.6 Å². The molecule has 1 N–H and O–H groups in total. The van der Waals surface area contributed by atoms with Gasteiger partial charge in [-0.3, -0.25) is 4.79 Å². The Labute approximate surface area is 202 Å². The molecule has 0 amide bonds. The predicted octanol–water partition coefficient (Wildman–Crippen LogP) is 4.48. The Balaban J connectivity index is 2.24. The highest BCUT2D eigenvalue weighted by atomic mass is 16.6. The van der Waals surface area contributed by atoms with Gasteiger partial charge in [-0.15, -0.1) is 0 Å². The summed E-state index contributed by atoms with van der Waals surface area (Å²) in [6, 6.07) is 15.0. The van der Waals surface area contributed by atoms with E-state index in [1.54, 1.807) is 59.7 Å². The maximum atomic E-state index is 12.9. The molecule has 7 nitrogen and oxygen atoms in total. The van der Waals surface area contributed by atoms with Gasteiger partial charge in [-0.25, -0.2) is 4.79 Å². The molecule has 2 aromatic carbocycles. The summed E-state index contributed by atoms with van der Waals surface area (Å²) in [7, 11) is 1.52. The number of esters is 2. The molecule has 0 aliphatic heterocycles. The Morgan fingerprint density at radius 1 is 0.824 bits per heavy atom. The first kappa shape index (κ1) is 27.2. The highest BCUT2D eigenvalue weighted by molar-refractivity contribution is 5.84. The normalized spacial score (nSPS) is 13.5. The molecular weight excluding hydrogens is 436 g/mol. The number of carbonyl (C=O) groups excluding carboxylic acids is 2. The fourth-order valence-electron chi connectivity index (χ4n) is 3.18. The first-order chi connectivity index (χ1) is 15.8. The van der Waals surface area contributed by atoms with Gasteiger partial charge in [0.1, 0.15) is 17.8 Å². The smallest absolute Gasteiger partial charge is 0.336 e. The monoisotopic (exact) mass is 472 g/mol. The van der Waals surface area contributed by atoms with Crippen LogP contribution in [0.5, 0.6) is 11.5 Å². The lowest BCUT2D eigenvalue weighted by molar-refractivity contribution is -0.178. The Hall–Kier alpha value is -3.06. The molecule has 0 heterocycles. The number of benzene rings is 2. The molecule has 2 aromatic rings. The zero-order valence-corrected chi connectivity index (χ0v) is 21.1. The van der Waals surface area contributed by atoms with E-state index >= 15 is 0 Å². The van der Waals surface area contributed by atoms with Gasteiger partial charge in [0.05, 0.1) is 13.0 Å². The summed E-state index contributed by atoms with van der Waals surface area (Å²) < 4.78 is 22.1. The zero-order valence-electron chi connectivity index (χ0n) is 21.1. The van der Waals surface area contributed by atoms with Crippen molar-refractivity contribution >= 4 is 11.9 Å². The summed E-state index contributed by atoms with van der Waals surface area (Å²) in [5.41, 5.74) is 0.0920. The van der Waals surface area contributed by atoms with Crippen molar-refractivity contribution in [2.45, 2.75) is 71.9 Å². The molecule has 0 radical (unpaired) electrons. The second-order valence-corrected chi connectivity index (χ2v) is 10.1. The van der Waals surface area contributed by atoms with Crippen molar-refractivity contribution < 1.29 is 33.6 Å². The Bertz CT molecular complexity index is 955. The van der Waals surface area contributed by atoms with E-state index in [1.807, 2.05) is 30.3 Å². The minimum atomic E-state index is -1.69. The van der Waals surface area contributed by atoms with Crippen LogP contribution in [0.3, 0.4) is 0 Å². The summed E-state index contributed by atoms with van der Waals surface area (Å²) >= 11 is 0. The lowest BCUT2D eigenvalue weighted by Crippen LogP contribution is -2.43. The quantitative estimate of drug-likeness (QED) is 0.538. The summed E-state index contributed by atoms with van der Waals surface area (Å²) in [4.78, 5) is 25.4. The van der Waals surface area contributed by atoms with Crippen LogP contribution in [0.4, 0.5) is 0 Å². The van der Waals surface area contributed by atoms with Crippen LogP contribution in [0.2, 0.25) is 0 Å². The summed E-state index contributed by atoms with van der Waals surface area (Å²) in [5, 5.41) is 10.7. The topological polar surface area (TPSA) is 91.3 Å². The SMILES string of the molecule is COc1cc(C[C@@H](C(=O)OC(C)(C)C)[C@H](O)C(=O)OC(C)(C)C)ccc1OCc1ccccc1. The van der Waals surface area contributed by atoms with Crippen molar-refractivity contribution in [3.63, 3.8) is 0 Å². The van der Waals surface area contributed by atoms with Crippen molar-refractivity contribution in [3.05, 3.63) is 59.7 Å². The lowest BCUT2D eigenvalue weighted by Gasteiger charge is -2.28. The molecule has 0 spiro atoms. The van der Waals surface area contributed by atoms with Gasteiger partial charge in [0, 0.05) is 0 Å². The molecule has 186 valence electrons. The fraction of sp³-hybridized carbons (Fsp3) is 0.481. The molecule has 0 saturated heterocycles. The molecular formula is C27H36O7. The van der Waals surface area contributed by atoms with Crippen LogP contribution in [0, 0.1) is 5.92 Å². The Morgan fingerprint density at radius 3 is 1.97 bits per heavy atom. The third kappa shape index (κ3) is 8.71. The van der Waals surface area contributed by atoms with Gasteiger partial charge >= 0.3 is 11.9 Å². The Kier molecular flexibility index (Phi) is 9.10. The van der Waals surface area contributed by atoms with Gasteiger partial charge in [0.2, 0.25) is 0 Å². The van der Waals surface area contributed by atoms with Gasteiger partial charge in [-0.2, -0.15) is 0 Å². The number of aliphatic hydroxyl groups excluding tert-OH is 1. The van der Waals surface area contributed by atoms with Crippen molar-refractivity contribution in [1.29, 1.82) is 0 Å². The average Bonchev–Trinajstić information content (AvgIpc) is 2.74. The van der Waals surface area contributed by atoms with Crippen LogP contribution >= 0.6 is 0 Å². The molecule has 2 rings (SSSR count). The number of aliphatic hydroxyl groups is 1. The van der Waals surface area contributed by atoms with Crippen LogP contribution in [0.15, 0.2) is 48.5 Å².